The van der Waals surface area contributed by atoms with Gasteiger partial charge in [-0.3, -0.25) is 9.59 Å². The molecule has 1 fully saturated rings. The number of nitrogens with one attached hydrogen (secondary N) is 2. The normalized spacial score (nSPS) is 16.8. The number of rotatable bonds is 8. The molecule has 32 heavy (non-hydrogen) atoms. The molecule has 0 unspecified atom stereocenters. The number of carbonyl (C=O) groups is 2. The van der Waals surface area contributed by atoms with Gasteiger partial charge in [-0.25, -0.2) is 8.42 Å². The minimum absolute atomic E-state index is 0.0961. The molecule has 172 valence electrons. The SMILES string of the molecule is COc1ccc(S(=O)(=O)N2CCCO[C@H]2CNC(=O)C(=O)NCCc2ccccc2)cc1. The Morgan fingerprint density at radius 1 is 1.06 bits per heavy atom. The van der Waals surface area contributed by atoms with Gasteiger partial charge in [-0.1, -0.05) is 30.3 Å². The topological polar surface area (TPSA) is 114 Å². The highest BCUT2D eigenvalue weighted by Gasteiger charge is 2.35. The molecule has 0 bridgehead atoms. The number of carbonyl (C=O) groups excluding carboxylic acids is 2. The summed E-state index contributed by atoms with van der Waals surface area (Å²) in [6.45, 7) is 0.783. The summed E-state index contributed by atoms with van der Waals surface area (Å²) in [5.74, 6) is -1.07. The average Bonchev–Trinajstić information content (AvgIpc) is 2.83. The third-order valence-electron chi connectivity index (χ3n) is 5.01. The summed E-state index contributed by atoms with van der Waals surface area (Å²) in [6.07, 6.45) is 0.219. The van der Waals surface area contributed by atoms with Crippen LogP contribution in [0, 0.1) is 0 Å². The molecule has 10 heteroatoms. The van der Waals surface area contributed by atoms with Crippen molar-refractivity contribution < 1.29 is 27.5 Å². The van der Waals surface area contributed by atoms with Crippen LogP contribution < -0.4 is 15.4 Å². The Balaban J connectivity index is 1.55. The zero-order valence-electron chi connectivity index (χ0n) is 17.8. The summed E-state index contributed by atoms with van der Waals surface area (Å²) in [6, 6.07) is 15.6. The lowest BCUT2D eigenvalue weighted by molar-refractivity contribution is -0.140. The third-order valence-corrected chi connectivity index (χ3v) is 6.91. The van der Waals surface area contributed by atoms with E-state index in [1.807, 2.05) is 30.3 Å². The number of nitrogens with zero attached hydrogens (tertiary/aromatic N) is 1. The molecule has 1 atom stereocenters. The van der Waals surface area contributed by atoms with Crippen molar-refractivity contribution in [2.24, 2.45) is 0 Å². The first-order valence-electron chi connectivity index (χ1n) is 10.3. The fourth-order valence-corrected chi connectivity index (χ4v) is 4.86. The second-order valence-corrected chi connectivity index (χ2v) is 9.06. The minimum Gasteiger partial charge on any atom is -0.497 e. The molecule has 1 heterocycles. The predicted octanol–water partition coefficient (Wildman–Crippen LogP) is 0.907. The van der Waals surface area contributed by atoms with Crippen molar-refractivity contribution >= 4 is 21.8 Å². The molecule has 2 aromatic carbocycles. The van der Waals surface area contributed by atoms with Gasteiger partial charge in [0.15, 0.2) is 0 Å². The predicted molar refractivity (Wildman–Crippen MR) is 117 cm³/mol. The molecule has 0 saturated carbocycles. The van der Waals surface area contributed by atoms with E-state index < -0.39 is 28.1 Å². The van der Waals surface area contributed by atoms with Crippen molar-refractivity contribution in [1.29, 1.82) is 0 Å². The van der Waals surface area contributed by atoms with Crippen molar-refractivity contribution in [3.8, 4) is 5.75 Å². The van der Waals surface area contributed by atoms with Crippen molar-refractivity contribution in [3.63, 3.8) is 0 Å². The smallest absolute Gasteiger partial charge is 0.309 e. The van der Waals surface area contributed by atoms with Crippen LogP contribution in [-0.2, 0) is 30.8 Å². The maximum atomic E-state index is 13.1. The lowest BCUT2D eigenvalue weighted by Gasteiger charge is -2.34. The van der Waals surface area contributed by atoms with E-state index in [0.29, 0.717) is 31.7 Å². The Labute approximate surface area is 187 Å². The Morgan fingerprint density at radius 3 is 2.44 bits per heavy atom. The van der Waals surface area contributed by atoms with E-state index >= 15 is 0 Å². The van der Waals surface area contributed by atoms with Gasteiger partial charge in [-0.15, -0.1) is 0 Å². The Hall–Kier alpha value is -2.95. The van der Waals surface area contributed by atoms with Gasteiger partial charge in [0, 0.05) is 13.1 Å². The van der Waals surface area contributed by atoms with Crippen molar-refractivity contribution in [3.05, 3.63) is 60.2 Å². The number of amides is 2. The van der Waals surface area contributed by atoms with Crippen molar-refractivity contribution in [2.45, 2.75) is 24.0 Å². The summed E-state index contributed by atoms with van der Waals surface area (Å²) >= 11 is 0. The fourth-order valence-electron chi connectivity index (χ4n) is 3.29. The van der Waals surface area contributed by atoms with E-state index in [1.165, 1.54) is 23.5 Å². The Bertz CT molecular complexity index is 1010. The van der Waals surface area contributed by atoms with Crippen LogP contribution in [-0.4, -0.2) is 64.1 Å². The molecule has 1 saturated heterocycles. The van der Waals surface area contributed by atoms with Gasteiger partial charge in [0.05, 0.1) is 25.2 Å². The van der Waals surface area contributed by atoms with Crippen LogP contribution in [0.1, 0.15) is 12.0 Å². The second-order valence-electron chi connectivity index (χ2n) is 7.17. The Morgan fingerprint density at radius 2 is 1.75 bits per heavy atom. The summed E-state index contributed by atoms with van der Waals surface area (Å²) < 4.78 is 38.0. The van der Waals surface area contributed by atoms with E-state index in [2.05, 4.69) is 10.6 Å². The number of hydrogen-bond acceptors (Lipinski definition) is 6. The van der Waals surface area contributed by atoms with Crippen LogP contribution in [0.15, 0.2) is 59.5 Å². The molecule has 2 N–H and O–H groups in total. The fraction of sp³-hybridized carbons (Fsp3) is 0.364. The molecular weight excluding hydrogens is 434 g/mol. The van der Waals surface area contributed by atoms with Gasteiger partial charge in [0.2, 0.25) is 10.0 Å². The maximum Gasteiger partial charge on any atom is 0.309 e. The lowest BCUT2D eigenvalue weighted by atomic mass is 10.1. The first kappa shape index (κ1) is 23.7. The van der Waals surface area contributed by atoms with Gasteiger partial charge >= 0.3 is 11.8 Å². The highest BCUT2D eigenvalue weighted by molar-refractivity contribution is 7.89. The first-order chi connectivity index (χ1) is 15.4. The van der Waals surface area contributed by atoms with Crippen LogP contribution in [0.3, 0.4) is 0 Å². The van der Waals surface area contributed by atoms with E-state index in [4.69, 9.17) is 9.47 Å². The zero-order valence-corrected chi connectivity index (χ0v) is 18.6. The van der Waals surface area contributed by atoms with Crippen molar-refractivity contribution in [1.82, 2.24) is 14.9 Å². The number of methoxy groups -OCH3 is 1. The first-order valence-corrected chi connectivity index (χ1v) is 11.7. The molecular formula is C22H27N3O6S. The van der Waals surface area contributed by atoms with E-state index in [0.717, 1.165) is 5.56 Å². The van der Waals surface area contributed by atoms with Gasteiger partial charge < -0.3 is 20.1 Å². The van der Waals surface area contributed by atoms with Crippen LogP contribution in [0.25, 0.3) is 0 Å². The second kappa shape index (κ2) is 11.1. The maximum absolute atomic E-state index is 13.1. The van der Waals surface area contributed by atoms with E-state index in [-0.39, 0.29) is 18.0 Å². The number of benzene rings is 2. The largest absolute Gasteiger partial charge is 0.497 e. The van der Waals surface area contributed by atoms with E-state index in [1.54, 1.807) is 12.1 Å². The quantitative estimate of drug-likeness (QED) is 0.565. The molecule has 0 spiro atoms. The lowest BCUT2D eigenvalue weighted by Crippen LogP contribution is -2.53. The van der Waals surface area contributed by atoms with Gasteiger partial charge in [-0.2, -0.15) is 4.31 Å². The van der Waals surface area contributed by atoms with Crippen LogP contribution in [0.2, 0.25) is 0 Å². The average molecular weight is 462 g/mol. The number of ether oxygens (including phenoxy) is 2. The summed E-state index contributed by atoms with van der Waals surface area (Å²) in [5, 5.41) is 5.03. The molecule has 0 radical (unpaired) electrons. The van der Waals surface area contributed by atoms with Crippen molar-refractivity contribution in [2.75, 3.05) is 33.4 Å². The standard InChI is InChI=1S/C22H27N3O6S/c1-30-18-8-10-19(11-9-18)32(28,29)25-14-5-15-31-20(25)16-24-22(27)21(26)23-13-12-17-6-3-2-4-7-17/h2-4,6-11,20H,5,12-16H2,1H3,(H,23,26)(H,24,27)/t20-/m0/s1. The van der Waals surface area contributed by atoms with Gasteiger partial charge in [0.1, 0.15) is 12.0 Å². The molecule has 1 aliphatic rings. The summed E-state index contributed by atoms with van der Waals surface area (Å²) in [7, 11) is -2.35. The highest BCUT2D eigenvalue weighted by Crippen LogP contribution is 2.23. The van der Waals surface area contributed by atoms with Crippen LogP contribution in [0.4, 0.5) is 0 Å². The summed E-state index contributed by atoms with van der Waals surface area (Å²) in [4.78, 5) is 24.3. The monoisotopic (exact) mass is 461 g/mol. The van der Waals surface area contributed by atoms with Crippen LogP contribution >= 0.6 is 0 Å². The molecule has 2 amide bonds. The molecule has 1 aliphatic heterocycles. The molecule has 0 aliphatic carbocycles. The minimum atomic E-state index is -3.85. The number of hydrogen-bond donors (Lipinski definition) is 2. The Kier molecular flexibility index (Phi) is 8.20. The summed E-state index contributed by atoms with van der Waals surface area (Å²) in [5.41, 5.74) is 1.04. The highest BCUT2D eigenvalue weighted by atomic mass is 32.2. The van der Waals surface area contributed by atoms with E-state index in [9.17, 15) is 18.0 Å². The van der Waals surface area contributed by atoms with Crippen LogP contribution in [0.5, 0.6) is 5.75 Å². The molecule has 9 nitrogen and oxygen atoms in total. The van der Waals surface area contributed by atoms with Gasteiger partial charge in [0.25, 0.3) is 0 Å². The molecule has 2 aromatic rings. The zero-order chi connectivity index (χ0) is 23.0. The number of sulfonamides is 1. The molecule has 3 rings (SSSR count). The third kappa shape index (κ3) is 6.06. The molecule has 0 aromatic heterocycles. The van der Waals surface area contributed by atoms with Gasteiger partial charge in [-0.05, 0) is 42.7 Å².